The Labute approximate surface area is 181 Å². The maximum atomic E-state index is 5.83. The topological polar surface area (TPSA) is 46.2 Å². The molecule has 1 aromatic carbocycles. The number of hydrogen-bond acceptors (Lipinski definition) is 5. The zero-order chi connectivity index (χ0) is 21.2. The molecule has 0 aromatic heterocycles. The second kappa shape index (κ2) is 12.3. The molecule has 0 aliphatic rings. The van der Waals surface area contributed by atoms with Crippen molar-refractivity contribution >= 4 is 32.1 Å². The highest BCUT2D eigenvalue weighted by Gasteiger charge is 2.15. The van der Waals surface area contributed by atoms with Gasteiger partial charge in [0, 0.05) is 36.5 Å². The summed E-state index contributed by atoms with van der Waals surface area (Å²) in [5.74, 6) is 1.36. The summed E-state index contributed by atoms with van der Waals surface area (Å²) in [5.41, 5.74) is 0.972. The fraction of sp³-hybridized carbons (Fsp3) is 0.700. The lowest BCUT2D eigenvalue weighted by atomic mass is 10.2. The summed E-state index contributed by atoms with van der Waals surface area (Å²) in [5, 5.41) is 0. The number of ether oxygens (including phenoxy) is 5. The number of rotatable bonds is 14. The summed E-state index contributed by atoms with van der Waals surface area (Å²) >= 11 is 3.58. The van der Waals surface area contributed by atoms with Gasteiger partial charge < -0.3 is 23.7 Å². The van der Waals surface area contributed by atoms with Gasteiger partial charge in [-0.3, -0.25) is 0 Å². The summed E-state index contributed by atoms with van der Waals surface area (Å²) in [7, 11) is -0.527. The predicted molar refractivity (Wildman–Crippen MR) is 124 cm³/mol. The maximum Gasteiger partial charge on any atom is 0.189 e. The Hall–Kier alpha value is -0.386. The van der Waals surface area contributed by atoms with E-state index >= 15 is 0 Å². The fourth-order valence-electron chi connectivity index (χ4n) is 2.17. The van der Waals surface area contributed by atoms with E-state index in [0.717, 1.165) is 35.3 Å². The second-order valence-electron chi connectivity index (χ2n) is 9.30. The molecule has 1 aromatic rings. The van der Waals surface area contributed by atoms with Gasteiger partial charge in [-0.05, 0) is 45.7 Å². The van der Waals surface area contributed by atoms with Crippen LogP contribution in [0.25, 0.3) is 0 Å². The van der Waals surface area contributed by atoms with Gasteiger partial charge in [0.05, 0.1) is 6.61 Å². The average Bonchev–Trinajstić information content (AvgIpc) is 2.55. The molecule has 0 aliphatic carbocycles. The van der Waals surface area contributed by atoms with Crippen LogP contribution in [0.3, 0.4) is 0 Å². The molecular weight excluding hydrogens is 456 g/mol. The summed E-state index contributed by atoms with van der Waals surface area (Å²) in [6, 6.07) is 6.11. The van der Waals surface area contributed by atoms with Gasteiger partial charge in [0.1, 0.15) is 16.0 Å². The van der Waals surface area contributed by atoms with Gasteiger partial charge in [0.2, 0.25) is 0 Å². The Balaban J connectivity index is 2.61. The van der Waals surface area contributed by atoms with Crippen LogP contribution in [-0.4, -0.2) is 50.1 Å². The molecule has 0 heterocycles. The molecule has 0 saturated heterocycles. The third-order valence-corrected chi connectivity index (χ3v) is 8.15. The zero-order valence-electron chi connectivity index (χ0n) is 18.5. The zero-order valence-corrected chi connectivity index (χ0v) is 22.1. The van der Waals surface area contributed by atoms with E-state index in [1.165, 1.54) is 0 Å². The van der Waals surface area contributed by atoms with Gasteiger partial charge in [0.15, 0.2) is 13.6 Å². The highest BCUT2D eigenvalue weighted by atomic mass is 79.9. The van der Waals surface area contributed by atoms with Crippen molar-refractivity contribution in [2.45, 2.75) is 58.0 Å². The highest BCUT2D eigenvalue weighted by molar-refractivity contribution is 9.10. The van der Waals surface area contributed by atoms with Crippen LogP contribution in [0.15, 0.2) is 16.6 Å². The van der Waals surface area contributed by atoms with Crippen LogP contribution in [0, 0.1) is 0 Å². The molecule has 0 saturated carbocycles. The summed E-state index contributed by atoms with van der Waals surface area (Å²) in [6.45, 7) is 16.3. The monoisotopic (exact) mass is 492 g/mol. The van der Waals surface area contributed by atoms with E-state index in [4.69, 9.17) is 23.7 Å². The van der Waals surface area contributed by atoms with Crippen molar-refractivity contribution in [2.75, 3.05) is 33.9 Å². The first-order valence-corrected chi connectivity index (χ1v) is 17.9. The van der Waals surface area contributed by atoms with E-state index in [0.29, 0.717) is 18.1 Å². The van der Waals surface area contributed by atoms with Crippen LogP contribution >= 0.6 is 15.9 Å². The van der Waals surface area contributed by atoms with Crippen molar-refractivity contribution in [1.29, 1.82) is 0 Å². The minimum Gasteiger partial charge on any atom is -0.466 e. The van der Waals surface area contributed by atoms with Crippen molar-refractivity contribution in [2.24, 2.45) is 0 Å². The maximum absolute atomic E-state index is 5.83. The lowest BCUT2D eigenvalue weighted by Crippen LogP contribution is -2.22. The SMILES string of the molecule is COCc1cc(OCOCC[Si](C)(C)C)c(Br)c(OCOCC[Si](C)(C)C)c1. The van der Waals surface area contributed by atoms with Gasteiger partial charge in [-0.2, -0.15) is 0 Å². The molecule has 8 heteroatoms. The molecule has 0 amide bonds. The van der Waals surface area contributed by atoms with Crippen molar-refractivity contribution in [3.05, 3.63) is 22.2 Å². The lowest BCUT2D eigenvalue weighted by Gasteiger charge is -2.18. The summed E-state index contributed by atoms with van der Waals surface area (Å²) in [6.07, 6.45) is 0. The Kier molecular flexibility index (Phi) is 11.3. The van der Waals surface area contributed by atoms with Crippen LogP contribution in [0.5, 0.6) is 11.5 Å². The third kappa shape index (κ3) is 11.6. The number of benzene rings is 1. The Morgan fingerprint density at radius 2 is 1.21 bits per heavy atom. The molecule has 0 aliphatic heterocycles. The Morgan fingerprint density at radius 3 is 1.57 bits per heavy atom. The number of hydrogen-bond donors (Lipinski definition) is 0. The van der Waals surface area contributed by atoms with Gasteiger partial charge in [-0.25, -0.2) is 0 Å². The van der Waals surface area contributed by atoms with E-state index < -0.39 is 16.1 Å². The predicted octanol–water partition coefficient (Wildman–Crippen LogP) is 5.98. The number of halogens is 1. The first kappa shape index (κ1) is 25.6. The largest absolute Gasteiger partial charge is 0.466 e. The third-order valence-electron chi connectivity index (χ3n) is 3.96. The van der Waals surface area contributed by atoms with Crippen LogP contribution in [-0.2, 0) is 20.8 Å². The average molecular weight is 494 g/mol. The minimum absolute atomic E-state index is 0.214. The van der Waals surface area contributed by atoms with E-state index in [9.17, 15) is 0 Å². The smallest absolute Gasteiger partial charge is 0.189 e. The van der Waals surface area contributed by atoms with E-state index in [-0.39, 0.29) is 13.6 Å². The van der Waals surface area contributed by atoms with Crippen LogP contribution in [0.2, 0.25) is 51.4 Å². The van der Waals surface area contributed by atoms with E-state index in [1.54, 1.807) is 7.11 Å². The molecule has 1 rings (SSSR count). The quantitative estimate of drug-likeness (QED) is 0.181. The minimum atomic E-state index is -1.10. The molecule has 0 N–H and O–H groups in total. The van der Waals surface area contributed by atoms with Gasteiger partial charge in [-0.1, -0.05) is 39.3 Å². The lowest BCUT2D eigenvalue weighted by molar-refractivity contribution is 0.0167. The van der Waals surface area contributed by atoms with Crippen LogP contribution in [0.1, 0.15) is 5.56 Å². The van der Waals surface area contributed by atoms with Gasteiger partial charge in [-0.15, -0.1) is 0 Å². The van der Waals surface area contributed by atoms with Gasteiger partial charge in [0.25, 0.3) is 0 Å². The van der Waals surface area contributed by atoms with Crippen LogP contribution < -0.4 is 9.47 Å². The number of methoxy groups -OCH3 is 1. The van der Waals surface area contributed by atoms with Gasteiger partial charge >= 0.3 is 0 Å². The fourth-order valence-corrected chi connectivity index (χ4v) is 4.14. The van der Waals surface area contributed by atoms with Crippen molar-refractivity contribution in [3.8, 4) is 11.5 Å². The molecule has 28 heavy (non-hydrogen) atoms. The highest BCUT2D eigenvalue weighted by Crippen LogP contribution is 2.36. The van der Waals surface area contributed by atoms with Crippen LogP contribution in [0.4, 0.5) is 0 Å². The molecule has 0 atom stereocenters. The molecule has 0 spiro atoms. The summed E-state index contributed by atoms with van der Waals surface area (Å²) in [4.78, 5) is 0. The van der Waals surface area contributed by atoms with E-state index in [1.807, 2.05) is 12.1 Å². The van der Waals surface area contributed by atoms with Crippen molar-refractivity contribution in [1.82, 2.24) is 0 Å². The molecule has 0 radical (unpaired) electrons. The molecule has 0 unspecified atom stereocenters. The molecule has 5 nitrogen and oxygen atoms in total. The Bertz CT molecular complexity index is 540. The normalized spacial score (nSPS) is 12.3. The molecular formula is C20H37BrO5Si2. The molecule has 0 bridgehead atoms. The first-order valence-electron chi connectivity index (χ1n) is 9.74. The van der Waals surface area contributed by atoms with E-state index in [2.05, 4.69) is 55.2 Å². The van der Waals surface area contributed by atoms with Crippen molar-refractivity contribution in [3.63, 3.8) is 0 Å². The second-order valence-corrected chi connectivity index (χ2v) is 21.3. The standard InChI is InChI=1S/C20H37BrO5Si2/c1-22-14-17-12-18(25-15-23-8-10-27(2,3)4)20(21)19(13-17)26-16-24-9-11-28(5,6)7/h12-13H,8-11,14-16H2,1-7H3. The molecule has 0 fully saturated rings. The molecule has 162 valence electrons. The summed E-state index contributed by atoms with van der Waals surface area (Å²) < 4.78 is 29.0. The van der Waals surface area contributed by atoms with Crippen molar-refractivity contribution < 1.29 is 23.7 Å². The first-order chi connectivity index (χ1) is 13.0. The Morgan fingerprint density at radius 1 is 0.786 bits per heavy atom.